The second-order valence-electron chi connectivity index (χ2n) is 14.2. The van der Waals surface area contributed by atoms with Crippen molar-refractivity contribution in [3.63, 3.8) is 0 Å². The second-order valence-corrected chi connectivity index (χ2v) is 14.2. The molecule has 0 rings (SSSR count). The Morgan fingerprint density at radius 3 is 1.25 bits per heavy atom. The smallest absolute Gasteiger partial charge is 0.326 e. The molecule has 0 unspecified atom stereocenters. The highest BCUT2D eigenvalue weighted by atomic mass is 16.5. The Morgan fingerprint density at radius 2 is 0.800 bits per heavy atom. The van der Waals surface area contributed by atoms with Crippen LogP contribution < -0.4 is 26.6 Å². The summed E-state index contributed by atoms with van der Waals surface area (Å²) in [6.07, 6.45) is 10.4. The fourth-order valence-electron chi connectivity index (χ4n) is 5.46. The minimum atomic E-state index is -1.39. The third-order valence-electron chi connectivity index (χ3n) is 8.83. The summed E-state index contributed by atoms with van der Waals surface area (Å²) in [6, 6.07) is -2.71. The molecule has 0 aliphatic carbocycles. The molecule has 0 saturated carbocycles. The lowest BCUT2D eigenvalue weighted by atomic mass is 10.0. The maximum Gasteiger partial charge on any atom is 0.326 e. The molecule has 0 heterocycles. The van der Waals surface area contributed by atoms with E-state index < -0.39 is 47.7 Å². The maximum absolute atomic E-state index is 12.5. The van der Waals surface area contributed by atoms with E-state index >= 15 is 0 Å². The van der Waals surface area contributed by atoms with E-state index in [4.69, 9.17) is 24.1 Å². The number of ether oxygens (including phenoxy) is 4. The molecule has 0 bridgehead atoms. The molecule has 0 aromatic heterocycles. The van der Waals surface area contributed by atoms with Crippen LogP contribution in [0.15, 0.2) is 0 Å². The summed E-state index contributed by atoms with van der Waals surface area (Å²) in [5, 5.41) is 40.4. The quantitative estimate of drug-likeness (QED) is 0.0405. The first-order valence-electron chi connectivity index (χ1n) is 21.2. The number of carbonyl (C=O) groups is 8. The Labute approximate surface area is 353 Å². The minimum absolute atomic E-state index is 0.0301. The number of amides is 5. The van der Waals surface area contributed by atoms with E-state index in [0.717, 1.165) is 64.2 Å². The molecule has 60 heavy (non-hydrogen) atoms. The predicted octanol–water partition coefficient (Wildman–Crippen LogP) is 1.67. The number of hydrogen-bond acceptors (Lipinski definition) is 12. The highest BCUT2D eigenvalue weighted by Crippen LogP contribution is 2.12. The first kappa shape index (κ1) is 55.6. The Morgan fingerprint density at radius 1 is 0.417 bits per heavy atom. The van der Waals surface area contributed by atoms with Gasteiger partial charge in [-0.25, -0.2) is 9.59 Å². The zero-order chi connectivity index (χ0) is 44.6. The lowest BCUT2D eigenvalue weighted by Gasteiger charge is -2.17. The van der Waals surface area contributed by atoms with Gasteiger partial charge in [-0.3, -0.25) is 28.8 Å². The van der Waals surface area contributed by atoms with Gasteiger partial charge in [-0.15, -0.1) is 0 Å². The molecule has 0 aliphatic heterocycles. The summed E-state index contributed by atoms with van der Waals surface area (Å²) in [6.45, 7) is 4.07. The number of rotatable bonds is 42. The molecule has 0 radical (unpaired) electrons. The molecular weight excluding hydrogens is 790 g/mol. The fraction of sp³-hybridized carbons (Fsp3) is 0.800. The fourth-order valence-corrected chi connectivity index (χ4v) is 5.46. The van der Waals surface area contributed by atoms with Gasteiger partial charge >= 0.3 is 17.9 Å². The SMILES string of the molecule is CCCCNC(=O)COCCOCCNC(=O)COCCOCCNC(=O)CC[C@H](NC(=O)CC[C@H](NC(=O)CCCCCCCCCCCCC(=O)O)C(=O)O)C(=O)O. The van der Waals surface area contributed by atoms with Crippen LogP contribution in [0.5, 0.6) is 0 Å². The van der Waals surface area contributed by atoms with Crippen LogP contribution in [0.25, 0.3) is 0 Å². The number of hydrogen-bond donors (Lipinski definition) is 8. The van der Waals surface area contributed by atoms with Crippen molar-refractivity contribution in [2.75, 3.05) is 72.5 Å². The van der Waals surface area contributed by atoms with Gasteiger partial charge in [0, 0.05) is 45.3 Å². The van der Waals surface area contributed by atoms with Crippen molar-refractivity contribution in [1.82, 2.24) is 26.6 Å². The number of nitrogens with one attached hydrogen (secondary N) is 5. The summed E-state index contributed by atoms with van der Waals surface area (Å²) >= 11 is 0. The lowest BCUT2D eigenvalue weighted by Crippen LogP contribution is -2.44. The average Bonchev–Trinajstić information content (AvgIpc) is 3.20. The van der Waals surface area contributed by atoms with Gasteiger partial charge in [0.2, 0.25) is 29.5 Å². The van der Waals surface area contributed by atoms with Crippen LogP contribution in [0, 0.1) is 0 Å². The van der Waals surface area contributed by atoms with E-state index in [1.54, 1.807) is 0 Å². The average molecular weight is 862 g/mol. The van der Waals surface area contributed by atoms with Gasteiger partial charge in [0.05, 0.1) is 39.6 Å². The third-order valence-corrected chi connectivity index (χ3v) is 8.83. The van der Waals surface area contributed by atoms with Gasteiger partial charge in [0.15, 0.2) is 0 Å². The van der Waals surface area contributed by atoms with Crippen LogP contribution in [-0.4, -0.2) is 147 Å². The van der Waals surface area contributed by atoms with Crippen molar-refractivity contribution < 1.29 is 72.6 Å². The summed E-state index contributed by atoms with van der Waals surface area (Å²) in [4.78, 5) is 94.3. The van der Waals surface area contributed by atoms with E-state index in [1.807, 2.05) is 6.92 Å². The molecule has 5 amide bonds. The lowest BCUT2D eigenvalue weighted by molar-refractivity contribution is -0.143. The number of unbranched alkanes of at least 4 members (excludes halogenated alkanes) is 10. The van der Waals surface area contributed by atoms with Crippen LogP contribution >= 0.6 is 0 Å². The molecule has 20 nitrogen and oxygen atoms in total. The van der Waals surface area contributed by atoms with Crippen molar-refractivity contribution in [3.8, 4) is 0 Å². The summed E-state index contributed by atoms with van der Waals surface area (Å²) < 4.78 is 21.1. The zero-order valence-corrected chi connectivity index (χ0v) is 35.4. The van der Waals surface area contributed by atoms with Crippen LogP contribution in [0.1, 0.15) is 122 Å². The first-order chi connectivity index (χ1) is 28.8. The molecule has 0 saturated heterocycles. The van der Waals surface area contributed by atoms with Crippen molar-refractivity contribution in [1.29, 1.82) is 0 Å². The van der Waals surface area contributed by atoms with E-state index in [1.165, 1.54) is 0 Å². The summed E-state index contributed by atoms with van der Waals surface area (Å²) in [5.74, 6) is -5.60. The van der Waals surface area contributed by atoms with E-state index in [9.17, 15) is 48.6 Å². The molecule has 346 valence electrons. The van der Waals surface area contributed by atoms with Crippen molar-refractivity contribution in [3.05, 3.63) is 0 Å². The Balaban J connectivity index is 3.99. The largest absolute Gasteiger partial charge is 0.481 e. The summed E-state index contributed by atoms with van der Waals surface area (Å²) in [5.41, 5.74) is 0. The van der Waals surface area contributed by atoms with Crippen LogP contribution in [0.3, 0.4) is 0 Å². The Bertz CT molecular complexity index is 1240. The van der Waals surface area contributed by atoms with Gasteiger partial charge in [-0.1, -0.05) is 64.7 Å². The molecule has 0 aromatic rings. The van der Waals surface area contributed by atoms with Crippen LogP contribution in [0.4, 0.5) is 0 Å². The number of aliphatic carboxylic acids is 3. The van der Waals surface area contributed by atoms with E-state index in [2.05, 4.69) is 26.6 Å². The molecule has 0 fully saturated rings. The summed E-state index contributed by atoms with van der Waals surface area (Å²) in [7, 11) is 0. The predicted molar refractivity (Wildman–Crippen MR) is 218 cm³/mol. The molecule has 20 heteroatoms. The van der Waals surface area contributed by atoms with Gasteiger partial charge in [-0.05, 0) is 32.1 Å². The molecule has 8 N–H and O–H groups in total. The van der Waals surface area contributed by atoms with Gasteiger partial charge < -0.3 is 60.9 Å². The van der Waals surface area contributed by atoms with Crippen molar-refractivity contribution in [2.24, 2.45) is 0 Å². The van der Waals surface area contributed by atoms with Gasteiger partial charge in [-0.2, -0.15) is 0 Å². The highest BCUT2D eigenvalue weighted by Gasteiger charge is 2.24. The number of carboxylic acids is 3. The highest BCUT2D eigenvalue weighted by molar-refractivity contribution is 5.86. The van der Waals surface area contributed by atoms with E-state index in [-0.39, 0.29) is 116 Å². The monoisotopic (exact) mass is 861 g/mol. The Hall–Kier alpha value is -4.40. The topological polar surface area (TPSA) is 294 Å². The molecule has 2 atom stereocenters. The van der Waals surface area contributed by atoms with Crippen LogP contribution in [0.2, 0.25) is 0 Å². The molecular formula is C40H71N5O15. The van der Waals surface area contributed by atoms with Gasteiger partial charge in [0.1, 0.15) is 25.3 Å². The van der Waals surface area contributed by atoms with Crippen molar-refractivity contribution in [2.45, 2.75) is 135 Å². The standard InChI is InChI=1S/C40H71N5O15/c1-2-3-20-41-36(49)29-59-27-26-58-24-22-43-37(50)30-60-28-25-57-23-21-42-33(46)18-16-31(39(53)54)45-35(48)19-17-32(40(55)56)44-34(47)14-12-10-8-6-4-5-7-9-11-13-15-38(51)52/h31-32H,2-30H2,1H3,(H,41,49)(H,42,46)(H,43,50)(H,44,47)(H,45,48)(H,51,52)(H,53,54)(H,55,56)/t31-,32-/m0/s1. The van der Waals surface area contributed by atoms with Crippen molar-refractivity contribution >= 4 is 47.4 Å². The van der Waals surface area contributed by atoms with Gasteiger partial charge in [0.25, 0.3) is 0 Å². The van der Waals surface area contributed by atoms with Crippen LogP contribution in [-0.2, 0) is 57.3 Å². The first-order valence-corrected chi connectivity index (χ1v) is 21.2. The second kappa shape index (κ2) is 38.8. The number of carboxylic acid groups (broad SMARTS) is 3. The molecule has 0 aliphatic rings. The zero-order valence-electron chi connectivity index (χ0n) is 35.4. The van der Waals surface area contributed by atoms with E-state index in [0.29, 0.717) is 19.4 Å². The maximum atomic E-state index is 12.5. The Kier molecular flexibility index (Phi) is 35.9. The minimum Gasteiger partial charge on any atom is -0.481 e. The number of carbonyl (C=O) groups excluding carboxylic acids is 5. The third kappa shape index (κ3) is 36.7. The molecule has 0 aromatic carbocycles. The molecule has 0 spiro atoms. The normalized spacial score (nSPS) is 11.9.